The van der Waals surface area contributed by atoms with Crippen LogP contribution in [0.1, 0.15) is 0 Å². The van der Waals surface area contributed by atoms with Crippen LogP contribution in [0.2, 0.25) is 0 Å². The number of esters is 1. The van der Waals surface area contributed by atoms with Crippen LogP contribution in [0.3, 0.4) is 0 Å². The number of nitrogens with zero attached hydrogens (tertiary/aromatic N) is 2. The van der Waals surface area contributed by atoms with Crippen LogP contribution in [0, 0.1) is 0 Å². The van der Waals surface area contributed by atoms with Crippen LogP contribution in [0.4, 0.5) is 0 Å². The van der Waals surface area contributed by atoms with Crippen LogP contribution in [0.15, 0.2) is 35.3 Å². The first-order valence-corrected chi connectivity index (χ1v) is 5.59. The number of carboxylic acid groups (broad SMARTS) is 1. The van der Waals surface area contributed by atoms with Gasteiger partial charge in [0.1, 0.15) is 5.75 Å². The highest BCUT2D eigenvalue weighted by Gasteiger charge is 2.33. The van der Waals surface area contributed by atoms with Crippen molar-refractivity contribution in [2.24, 2.45) is 4.99 Å². The van der Waals surface area contributed by atoms with Gasteiger partial charge in [0.25, 0.3) is 0 Å². The van der Waals surface area contributed by atoms with Gasteiger partial charge in [0.2, 0.25) is 12.1 Å². The van der Waals surface area contributed by atoms with Crippen LogP contribution in [0.25, 0.3) is 0 Å². The second-order valence-electron chi connectivity index (χ2n) is 3.81. The van der Waals surface area contributed by atoms with Crippen molar-refractivity contribution in [2.45, 2.75) is 6.23 Å². The van der Waals surface area contributed by atoms with Crippen molar-refractivity contribution in [3.05, 3.63) is 30.3 Å². The summed E-state index contributed by atoms with van der Waals surface area (Å²) >= 11 is 0. The van der Waals surface area contributed by atoms with Gasteiger partial charge in [-0.2, -0.15) is 0 Å². The summed E-state index contributed by atoms with van der Waals surface area (Å²) in [5.74, 6) is -2.09. The van der Waals surface area contributed by atoms with Crippen molar-refractivity contribution in [1.82, 2.24) is 4.90 Å². The maximum Gasteiger partial charge on any atom is 0.379 e. The van der Waals surface area contributed by atoms with Gasteiger partial charge in [0.15, 0.2) is 0 Å². The number of aliphatic carboxylic acids is 1. The number of hydrogen-bond donors (Lipinski definition) is 2. The highest BCUT2D eigenvalue weighted by atomic mass is 16.5. The van der Waals surface area contributed by atoms with Gasteiger partial charge in [0, 0.05) is 6.54 Å². The number of benzene rings is 1. The summed E-state index contributed by atoms with van der Waals surface area (Å²) in [6.07, 6.45) is -1.80. The number of aliphatic hydroxyl groups excluding tert-OH is 1. The fraction of sp³-hybridized carbons (Fsp3) is 0.250. The smallest absolute Gasteiger partial charge is 0.379 e. The number of carbonyl (C=O) groups excluding carboxylic acids is 1. The summed E-state index contributed by atoms with van der Waals surface area (Å²) in [4.78, 5) is 27.4. The van der Waals surface area contributed by atoms with Gasteiger partial charge in [-0.3, -0.25) is 4.99 Å². The van der Waals surface area contributed by atoms with Crippen molar-refractivity contribution in [2.75, 3.05) is 13.1 Å². The molecule has 0 amide bonds. The van der Waals surface area contributed by atoms with E-state index in [-0.39, 0.29) is 18.9 Å². The number of para-hydroxylation sites is 1. The van der Waals surface area contributed by atoms with E-state index in [2.05, 4.69) is 4.99 Å². The molecule has 19 heavy (non-hydrogen) atoms. The lowest BCUT2D eigenvalue weighted by molar-refractivity contribution is -0.153. The largest absolute Gasteiger partial charge is 0.478 e. The van der Waals surface area contributed by atoms with E-state index in [4.69, 9.17) is 9.84 Å². The minimum atomic E-state index is -1.80. The molecule has 0 bridgehead atoms. The van der Waals surface area contributed by atoms with E-state index in [0.29, 0.717) is 5.75 Å². The van der Waals surface area contributed by atoms with Crippen molar-refractivity contribution in [1.29, 1.82) is 0 Å². The molecule has 1 heterocycles. The lowest BCUT2D eigenvalue weighted by atomic mass is 10.3. The molecular weight excluding hydrogens is 252 g/mol. The van der Waals surface area contributed by atoms with Gasteiger partial charge in [0.05, 0.1) is 6.54 Å². The minimum absolute atomic E-state index is 0.159. The van der Waals surface area contributed by atoms with Crippen molar-refractivity contribution in [3.8, 4) is 5.75 Å². The first kappa shape index (κ1) is 13.0. The minimum Gasteiger partial charge on any atom is -0.478 e. The number of carboxylic acids is 1. The maximum atomic E-state index is 11.9. The van der Waals surface area contributed by atoms with Gasteiger partial charge in [-0.25, -0.2) is 9.59 Å². The molecule has 0 radical (unpaired) electrons. The molecule has 1 atom stereocenters. The van der Waals surface area contributed by atoms with Crippen LogP contribution < -0.4 is 4.74 Å². The zero-order chi connectivity index (χ0) is 13.8. The monoisotopic (exact) mass is 264 g/mol. The first-order chi connectivity index (χ1) is 9.09. The van der Waals surface area contributed by atoms with E-state index in [1.54, 1.807) is 30.3 Å². The van der Waals surface area contributed by atoms with Crippen LogP contribution in [-0.2, 0) is 9.59 Å². The molecule has 1 aliphatic rings. The summed E-state index contributed by atoms with van der Waals surface area (Å²) in [7, 11) is 0. The normalized spacial score (nSPS) is 15.8. The SMILES string of the molecule is O=C(Oc1ccccc1)C1=NCCN1C(O)C(=O)O. The van der Waals surface area contributed by atoms with Gasteiger partial charge >= 0.3 is 11.9 Å². The third kappa shape index (κ3) is 2.89. The Morgan fingerprint density at radius 3 is 2.63 bits per heavy atom. The molecule has 0 fully saturated rings. The first-order valence-electron chi connectivity index (χ1n) is 5.59. The van der Waals surface area contributed by atoms with Crippen molar-refractivity contribution in [3.63, 3.8) is 0 Å². The summed E-state index contributed by atoms with van der Waals surface area (Å²) in [6.45, 7) is 0.399. The Bertz CT molecular complexity index is 514. The summed E-state index contributed by atoms with van der Waals surface area (Å²) in [6, 6.07) is 8.34. The molecule has 0 saturated carbocycles. The highest BCUT2D eigenvalue weighted by molar-refractivity contribution is 6.36. The Morgan fingerprint density at radius 1 is 1.32 bits per heavy atom. The Labute approximate surface area is 108 Å². The molecule has 1 aromatic rings. The average Bonchev–Trinajstić information content (AvgIpc) is 2.88. The predicted octanol–water partition coefficient (Wildman–Crippen LogP) is -0.291. The third-order valence-corrected chi connectivity index (χ3v) is 2.53. The van der Waals surface area contributed by atoms with Crippen LogP contribution >= 0.6 is 0 Å². The highest BCUT2D eigenvalue weighted by Crippen LogP contribution is 2.12. The molecule has 0 aliphatic carbocycles. The molecule has 0 spiro atoms. The Balaban J connectivity index is 2.08. The second-order valence-corrected chi connectivity index (χ2v) is 3.81. The average molecular weight is 264 g/mol. The van der Waals surface area contributed by atoms with Crippen molar-refractivity contribution >= 4 is 17.8 Å². The van der Waals surface area contributed by atoms with E-state index in [1.165, 1.54) is 0 Å². The van der Waals surface area contributed by atoms with E-state index in [0.717, 1.165) is 4.90 Å². The molecule has 1 unspecified atom stereocenters. The number of carbonyl (C=O) groups is 2. The van der Waals surface area contributed by atoms with E-state index in [9.17, 15) is 14.7 Å². The molecule has 7 heteroatoms. The molecule has 0 aromatic heterocycles. The van der Waals surface area contributed by atoms with Gasteiger partial charge < -0.3 is 19.8 Å². The number of ether oxygens (including phenoxy) is 1. The molecular formula is C12H12N2O5. The third-order valence-electron chi connectivity index (χ3n) is 2.53. The second kappa shape index (κ2) is 5.49. The summed E-state index contributed by atoms with van der Waals surface area (Å²) in [5.41, 5.74) is 0. The standard InChI is InChI=1S/C12H12N2O5/c15-10(11(16)17)14-7-6-13-9(14)12(18)19-8-4-2-1-3-5-8/h1-5,10,15H,6-7H2,(H,16,17). The summed E-state index contributed by atoms with van der Waals surface area (Å²) in [5, 5.41) is 18.2. The molecule has 7 nitrogen and oxygen atoms in total. The Hall–Kier alpha value is -2.41. The van der Waals surface area contributed by atoms with E-state index in [1.807, 2.05) is 0 Å². The van der Waals surface area contributed by atoms with Gasteiger partial charge in [-0.15, -0.1) is 0 Å². The number of aliphatic hydroxyl groups is 1. The number of aliphatic imine (C=N–C) groups is 1. The molecule has 2 N–H and O–H groups in total. The Morgan fingerprint density at radius 2 is 2.00 bits per heavy atom. The fourth-order valence-corrected chi connectivity index (χ4v) is 1.65. The van der Waals surface area contributed by atoms with Gasteiger partial charge in [-0.05, 0) is 12.1 Å². The number of rotatable bonds is 4. The lowest BCUT2D eigenvalue weighted by Crippen LogP contribution is -2.47. The van der Waals surface area contributed by atoms with Crippen LogP contribution in [-0.4, -0.2) is 52.2 Å². The molecule has 2 rings (SSSR count). The van der Waals surface area contributed by atoms with Crippen LogP contribution in [0.5, 0.6) is 5.75 Å². The molecule has 0 saturated heterocycles. The fourth-order valence-electron chi connectivity index (χ4n) is 1.65. The zero-order valence-electron chi connectivity index (χ0n) is 9.89. The van der Waals surface area contributed by atoms with Crippen molar-refractivity contribution < 1.29 is 24.5 Å². The predicted molar refractivity (Wildman–Crippen MR) is 64.7 cm³/mol. The molecule has 100 valence electrons. The van der Waals surface area contributed by atoms with Gasteiger partial charge in [-0.1, -0.05) is 18.2 Å². The quantitative estimate of drug-likeness (QED) is 0.572. The zero-order valence-corrected chi connectivity index (χ0v) is 9.89. The molecule has 1 aromatic carbocycles. The summed E-state index contributed by atoms with van der Waals surface area (Å²) < 4.78 is 5.04. The Kier molecular flexibility index (Phi) is 3.76. The maximum absolute atomic E-state index is 11.9. The van der Waals surface area contributed by atoms with E-state index < -0.39 is 18.2 Å². The number of amidine groups is 1. The number of hydrogen-bond acceptors (Lipinski definition) is 6. The van der Waals surface area contributed by atoms with E-state index >= 15 is 0 Å². The topological polar surface area (TPSA) is 99.4 Å². The molecule has 1 aliphatic heterocycles. The lowest BCUT2D eigenvalue weighted by Gasteiger charge is -2.21.